The number of rotatable bonds is 4. The van der Waals surface area contributed by atoms with Crippen LogP contribution in [0.4, 0.5) is 5.69 Å². The van der Waals surface area contributed by atoms with Crippen molar-refractivity contribution in [2.75, 3.05) is 12.4 Å². The molecule has 0 aromatic heterocycles. The fourth-order valence-electron chi connectivity index (χ4n) is 2.33. The van der Waals surface area contributed by atoms with Gasteiger partial charge in [-0.25, -0.2) is 0 Å². The fraction of sp³-hybridized carbons (Fsp3) is 0.533. The Kier molecular flexibility index (Phi) is 3.33. The van der Waals surface area contributed by atoms with E-state index in [1.807, 2.05) is 32.2 Å². The summed E-state index contributed by atoms with van der Waals surface area (Å²) in [7, 11) is 1.84. The number of benzene rings is 1. The zero-order chi connectivity index (χ0) is 13.3. The number of hydrogen-bond donors (Lipinski definition) is 2. The van der Waals surface area contributed by atoms with Gasteiger partial charge in [0, 0.05) is 18.3 Å². The minimum Gasteiger partial charge on any atom is -0.387 e. The molecule has 1 aromatic rings. The number of carbonyl (C=O) groups is 1. The van der Waals surface area contributed by atoms with Gasteiger partial charge < -0.3 is 10.6 Å². The van der Waals surface area contributed by atoms with E-state index < -0.39 is 0 Å². The van der Waals surface area contributed by atoms with Crippen molar-refractivity contribution in [2.45, 2.75) is 39.2 Å². The Bertz CT molecular complexity index is 462. The third-order valence-corrected chi connectivity index (χ3v) is 3.72. The highest BCUT2D eigenvalue weighted by Gasteiger charge is 2.39. The molecule has 2 N–H and O–H groups in total. The highest BCUT2D eigenvalue weighted by Crippen LogP contribution is 2.39. The van der Waals surface area contributed by atoms with Gasteiger partial charge >= 0.3 is 0 Å². The number of carbonyl (C=O) groups excluding carboxylic acids is 1. The smallest absolute Gasteiger partial charge is 0.253 e. The summed E-state index contributed by atoms with van der Waals surface area (Å²) in [4.78, 5) is 12.4. The van der Waals surface area contributed by atoms with Crippen LogP contribution in [0.25, 0.3) is 0 Å². The van der Waals surface area contributed by atoms with E-state index in [1.54, 1.807) is 0 Å². The number of hydrogen-bond acceptors (Lipinski definition) is 2. The average molecular weight is 246 g/mol. The lowest BCUT2D eigenvalue weighted by molar-refractivity contribution is 0.0904. The molecular formula is C15H22N2O. The molecule has 0 radical (unpaired) electrons. The topological polar surface area (TPSA) is 41.1 Å². The zero-order valence-corrected chi connectivity index (χ0v) is 11.6. The highest BCUT2D eigenvalue weighted by molar-refractivity contribution is 6.00. The van der Waals surface area contributed by atoms with Gasteiger partial charge in [-0.05, 0) is 51.7 Å². The van der Waals surface area contributed by atoms with Crippen molar-refractivity contribution in [3.63, 3.8) is 0 Å². The van der Waals surface area contributed by atoms with Crippen molar-refractivity contribution in [2.24, 2.45) is 5.92 Å². The first-order valence-electron chi connectivity index (χ1n) is 6.55. The molecule has 1 aromatic carbocycles. The Morgan fingerprint density at radius 2 is 2.00 bits per heavy atom. The molecule has 3 nitrogen and oxygen atoms in total. The molecule has 0 bridgehead atoms. The minimum atomic E-state index is -0.105. The molecule has 0 unspecified atom stereocenters. The van der Waals surface area contributed by atoms with Crippen molar-refractivity contribution in [1.29, 1.82) is 0 Å². The molecule has 2 rings (SSSR count). The van der Waals surface area contributed by atoms with Crippen molar-refractivity contribution in [3.05, 3.63) is 29.3 Å². The zero-order valence-electron chi connectivity index (χ0n) is 11.6. The van der Waals surface area contributed by atoms with Crippen molar-refractivity contribution >= 4 is 11.6 Å². The average Bonchev–Trinajstić information content (AvgIpc) is 3.12. The van der Waals surface area contributed by atoms with Crippen molar-refractivity contribution in [1.82, 2.24) is 5.32 Å². The molecule has 0 heterocycles. The van der Waals surface area contributed by atoms with Gasteiger partial charge in [0.15, 0.2) is 0 Å². The van der Waals surface area contributed by atoms with Gasteiger partial charge in [-0.15, -0.1) is 0 Å². The summed E-state index contributed by atoms with van der Waals surface area (Å²) in [6.45, 7) is 6.22. The van der Waals surface area contributed by atoms with Crippen LogP contribution in [-0.2, 0) is 0 Å². The van der Waals surface area contributed by atoms with E-state index in [1.165, 1.54) is 12.8 Å². The summed E-state index contributed by atoms with van der Waals surface area (Å²) in [5, 5.41) is 6.23. The van der Waals surface area contributed by atoms with E-state index in [0.29, 0.717) is 5.92 Å². The van der Waals surface area contributed by atoms with Gasteiger partial charge in [-0.1, -0.05) is 11.6 Å². The molecule has 1 fully saturated rings. The maximum absolute atomic E-state index is 12.4. The minimum absolute atomic E-state index is 0.0138. The van der Waals surface area contributed by atoms with Crippen LogP contribution in [-0.4, -0.2) is 18.5 Å². The van der Waals surface area contributed by atoms with Crippen LogP contribution in [0.15, 0.2) is 18.2 Å². The first-order chi connectivity index (χ1) is 8.44. The lowest BCUT2D eigenvalue weighted by Crippen LogP contribution is -2.45. The van der Waals surface area contributed by atoms with Crippen LogP contribution in [0, 0.1) is 12.8 Å². The summed E-state index contributed by atoms with van der Waals surface area (Å²) in [5.41, 5.74) is 2.60. The molecule has 1 aliphatic rings. The second-order valence-corrected chi connectivity index (χ2v) is 5.75. The van der Waals surface area contributed by atoms with Crippen LogP contribution in [0.3, 0.4) is 0 Å². The van der Waals surface area contributed by atoms with Gasteiger partial charge in [0.25, 0.3) is 5.91 Å². The van der Waals surface area contributed by atoms with Gasteiger partial charge in [-0.3, -0.25) is 4.79 Å². The summed E-state index contributed by atoms with van der Waals surface area (Å²) < 4.78 is 0. The van der Waals surface area contributed by atoms with Crippen molar-refractivity contribution < 1.29 is 4.79 Å². The first kappa shape index (κ1) is 12.9. The van der Waals surface area contributed by atoms with E-state index in [2.05, 4.69) is 24.5 Å². The summed E-state index contributed by atoms with van der Waals surface area (Å²) in [6, 6.07) is 5.90. The Morgan fingerprint density at radius 1 is 1.33 bits per heavy atom. The SMILES string of the molecule is CNc1ccc(C)cc1C(=O)NC(C)(C)C1CC1. The molecule has 0 saturated heterocycles. The Labute approximate surface area is 109 Å². The quantitative estimate of drug-likeness (QED) is 0.857. The summed E-state index contributed by atoms with van der Waals surface area (Å²) in [6.07, 6.45) is 2.44. The van der Waals surface area contributed by atoms with E-state index in [9.17, 15) is 4.79 Å². The Balaban J connectivity index is 2.20. The largest absolute Gasteiger partial charge is 0.387 e. The molecular weight excluding hydrogens is 224 g/mol. The van der Waals surface area contributed by atoms with E-state index in [4.69, 9.17) is 0 Å². The standard InChI is InChI=1S/C15H22N2O/c1-10-5-8-13(16-4)12(9-10)14(18)17-15(2,3)11-6-7-11/h5,8-9,11,16H,6-7H2,1-4H3,(H,17,18). The molecule has 98 valence electrons. The van der Waals surface area contributed by atoms with Crippen LogP contribution in [0.5, 0.6) is 0 Å². The molecule has 0 atom stereocenters. The summed E-state index contributed by atoms with van der Waals surface area (Å²) in [5.74, 6) is 0.643. The predicted molar refractivity (Wildman–Crippen MR) is 75.0 cm³/mol. The monoisotopic (exact) mass is 246 g/mol. The third kappa shape index (κ3) is 2.66. The summed E-state index contributed by atoms with van der Waals surface area (Å²) >= 11 is 0. The molecule has 0 spiro atoms. The van der Waals surface area contributed by atoms with E-state index >= 15 is 0 Å². The van der Waals surface area contributed by atoms with Gasteiger partial charge in [0.05, 0.1) is 5.56 Å². The van der Waals surface area contributed by atoms with Crippen LogP contribution >= 0.6 is 0 Å². The van der Waals surface area contributed by atoms with Crippen molar-refractivity contribution in [3.8, 4) is 0 Å². The second-order valence-electron chi connectivity index (χ2n) is 5.75. The second kappa shape index (κ2) is 4.63. The third-order valence-electron chi connectivity index (χ3n) is 3.72. The molecule has 1 amide bonds. The van der Waals surface area contributed by atoms with Crippen LogP contribution in [0.2, 0.25) is 0 Å². The van der Waals surface area contributed by atoms with Gasteiger partial charge in [0.1, 0.15) is 0 Å². The normalized spacial score (nSPS) is 15.3. The van der Waals surface area contributed by atoms with Crippen LogP contribution < -0.4 is 10.6 Å². The van der Waals surface area contributed by atoms with Gasteiger partial charge in [-0.2, -0.15) is 0 Å². The lowest BCUT2D eigenvalue weighted by atomic mass is 9.97. The number of nitrogens with one attached hydrogen (secondary N) is 2. The number of aryl methyl sites for hydroxylation is 1. The lowest BCUT2D eigenvalue weighted by Gasteiger charge is -2.26. The predicted octanol–water partition coefficient (Wildman–Crippen LogP) is 2.96. The number of amides is 1. The molecule has 1 saturated carbocycles. The van der Waals surface area contributed by atoms with Crippen LogP contribution in [0.1, 0.15) is 42.6 Å². The maximum atomic E-state index is 12.4. The van der Waals surface area contributed by atoms with E-state index in [-0.39, 0.29) is 11.4 Å². The molecule has 3 heteroatoms. The maximum Gasteiger partial charge on any atom is 0.253 e. The molecule has 18 heavy (non-hydrogen) atoms. The number of anilines is 1. The van der Waals surface area contributed by atoms with Gasteiger partial charge in [0.2, 0.25) is 0 Å². The molecule has 1 aliphatic carbocycles. The Morgan fingerprint density at radius 3 is 2.56 bits per heavy atom. The fourth-order valence-corrected chi connectivity index (χ4v) is 2.33. The first-order valence-corrected chi connectivity index (χ1v) is 6.55. The Hall–Kier alpha value is -1.51. The highest BCUT2D eigenvalue weighted by atomic mass is 16.1. The molecule has 0 aliphatic heterocycles. The van der Waals surface area contributed by atoms with E-state index in [0.717, 1.165) is 16.8 Å².